The fourth-order valence-corrected chi connectivity index (χ4v) is 0.506. The topological polar surface area (TPSA) is 52.6 Å². The van der Waals surface area contributed by atoms with Crippen LogP contribution in [0.15, 0.2) is 0 Å². The van der Waals surface area contributed by atoms with Crippen LogP contribution in [0, 0.1) is 0 Å². The van der Waals surface area contributed by atoms with Crippen LogP contribution < -0.4 is 0 Å². The highest BCUT2D eigenvalue weighted by molar-refractivity contribution is 6.26. The van der Waals surface area contributed by atoms with Gasteiger partial charge < -0.3 is 9.47 Å². The third kappa shape index (κ3) is 3.83. The molecule has 0 spiro atoms. The molecule has 0 aromatic carbocycles. The normalized spacial score (nSPS) is 11.9. The van der Waals surface area contributed by atoms with Gasteiger partial charge in [-0.1, -0.05) is 0 Å². The highest BCUT2D eigenvalue weighted by atomic mass is 35.5. The molecular formula is C6H9ClO4. The third-order valence-electron chi connectivity index (χ3n) is 0.950. The largest absolute Gasteiger partial charge is 0.466 e. The number of methoxy groups -OCH3 is 1. The molecule has 0 aliphatic carbocycles. The zero-order chi connectivity index (χ0) is 8.85. The molecule has 0 aliphatic rings. The van der Waals surface area contributed by atoms with E-state index in [4.69, 9.17) is 11.6 Å². The molecule has 0 saturated carbocycles. The Hall–Kier alpha value is -0.770. The van der Waals surface area contributed by atoms with Crippen molar-refractivity contribution in [2.45, 2.75) is 13.0 Å². The number of halogens is 1. The number of carbonyl (C=O) groups excluding carboxylic acids is 2. The maximum Gasteiger partial charge on any atom is 0.346 e. The van der Waals surface area contributed by atoms with Gasteiger partial charge in [0, 0.05) is 0 Å². The molecule has 0 aromatic rings. The lowest BCUT2D eigenvalue weighted by Gasteiger charge is -2.08. The number of carbonyl (C=O) groups is 2. The second kappa shape index (κ2) is 4.96. The molecule has 11 heavy (non-hydrogen) atoms. The fraction of sp³-hybridized carbons (Fsp3) is 0.667. The summed E-state index contributed by atoms with van der Waals surface area (Å²) in [6.07, 6.45) is -0.883. The van der Waals surface area contributed by atoms with Crippen molar-refractivity contribution in [1.29, 1.82) is 0 Å². The monoisotopic (exact) mass is 180 g/mol. The van der Waals surface area contributed by atoms with Crippen molar-refractivity contribution in [1.82, 2.24) is 0 Å². The lowest BCUT2D eigenvalue weighted by atomic mass is 10.4. The average molecular weight is 181 g/mol. The highest BCUT2D eigenvalue weighted by Gasteiger charge is 2.16. The van der Waals surface area contributed by atoms with E-state index in [9.17, 15) is 9.59 Å². The first-order valence-corrected chi connectivity index (χ1v) is 3.48. The summed E-state index contributed by atoms with van der Waals surface area (Å²) in [5.74, 6) is -1.49. The Morgan fingerprint density at radius 1 is 1.55 bits per heavy atom. The van der Waals surface area contributed by atoms with Crippen LogP contribution in [0.2, 0.25) is 0 Å². The molecule has 0 unspecified atom stereocenters. The Labute approximate surface area is 69.4 Å². The fourth-order valence-electron chi connectivity index (χ4n) is 0.443. The van der Waals surface area contributed by atoms with Gasteiger partial charge in [0.15, 0.2) is 6.10 Å². The molecule has 0 rings (SSSR count). The van der Waals surface area contributed by atoms with E-state index in [1.54, 1.807) is 0 Å². The molecule has 0 amide bonds. The molecule has 1 atom stereocenters. The number of hydrogen-bond donors (Lipinski definition) is 0. The first-order valence-electron chi connectivity index (χ1n) is 2.95. The van der Waals surface area contributed by atoms with Crippen molar-refractivity contribution in [3.8, 4) is 0 Å². The minimum absolute atomic E-state index is 0.263. The van der Waals surface area contributed by atoms with Gasteiger partial charge in [0.05, 0.1) is 7.11 Å². The zero-order valence-electron chi connectivity index (χ0n) is 6.30. The predicted molar refractivity (Wildman–Crippen MR) is 38.3 cm³/mol. The maximum atomic E-state index is 10.6. The minimum Gasteiger partial charge on any atom is -0.466 e. The lowest BCUT2D eigenvalue weighted by Crippen LogP contribution is -2.25. The zero-order valence-corrected chi connectivity index (χ0v) is 7.05. The van der Waals surface area contributed by atoms with Crippen LogP contribution in [0.5, 0.6) is 0 Å². The average Bonchev–Trinajstić information content (AvgIpc) is 2.02. The van der Waals surface area contributed by atoms with Gasteiger partial charge in [-0.25, -0.2) is 4.79 Å². The summed E-state index contributed by atoms with van der Waals surface area (Å²) in [4.78, 5) is 21.1. The molecule has 0 radical (unpaired) electrons. The van der Waals surface area contributed by atoms with Gasteiger partial charge in [0.1, 0.15) is 5.88 Å². The van der Waals surface area contributed by atoms with Gasteiger partial charge in [-0.15, -0.1) is 11.6 Å². The van der Waals surface area contributed by atoms with Crippen LogP contribution in [0.1, 0.15) is 6.92 Å². The summed E-state index contributed by atoms with van der Waals surface area (Å²) in [7, 11) is 1.22. The first kappa shape index (κ1) is 10.2. The lowest BCUT2D eigenvalue weighted by molar-refractivity contribution is -0.163. The molecular weight excluding hydrogens is 172 g/mol. The Bertz CT molecular complexity index is 157. The van der Waals surface area contributed by atoms with E-state index in [0.29, 0.717) is 0 Å². The molecule has 0 aliphatic heterocycles. The molecule has 5 heteroatoms. The van der Waals surface area contributed by atoms with Crippen molar-refractivity contribution >= 4 is 23.5 Å². The second-order valence-corrected chi connectivity index (χ2v) is 2.06. The van der Waals surface area contributed by atoms with Crippen LogP contribution in [0.4, 0.5) is 0 Å². The van der Waals surface area contributed by atoms with Gasteiger partial charge in [-0.05, 0) is 6.92 Å². The molecule has 4 nitrogen and oxygen atoms in total. The number of rotatable bonds is 3. The van der Waals surface area contributed by atoms with Crippen molar-refractivity contribution in [2.75, 3.05) is 13.0 Å². The van der Waals surface area contributed by atoms with E-state index in [1.165, 1.54) is 14.0 Å². The number of alkyl halides is 1. The van der Waals surface area contributed by atoms with Crippen molar-refractivity contribution in [3.05, 3.63) is 0 Å². The quantitative estimate of drug-likeness (QED) is 0.464. The Kier molecular flexibility index (Phi) is 4.61. The van der Waals surface area contributed by atoms with E-state index in [0.717, 1.165) is 0 Å². The van der Waals surface area contributed by atoms with E-state index < -0.39 is 18.0 Å². The van der Waals surface area contributed by atoms with Crippen molar-refractivity contribution in [2.24, 2.45) is 0 Å². The Morgan fingerprint density at radius 3 is 2.45 bits per heavy atom. The van der Waals surface area contributed by atoms with Gasteiger partial charge in [0.25, 0.3) is 0 Å². The van der Waals surface area contributed by atoms with Gasteiger partial charge in [-0.2, -0.15) is 0 Å². The summed E-state index contributed by atoms with van der Waals surface area (Å²) in [5.41, 5.74) is 0. The van der Waals surface area contributed by atoms with Gasteiger partial charge in [-0.3, -0.25) is 4.79 Å². The molecule has 0 fully saturated rings. The van der Waals surface area contributed by atoms with Crippen molar-refractivity contribution < 1.29 is 19.1 Å². The van der Waals surface area contributed by atoms with E-state index in [-0.39, 0.29) is 5.88 Å². The molecule has 0 N–H and O–H groups in total. The first-order chi connectivity index (χ1) is 5.11. The summed E-state index contributed by atoms with van der Waals surface area (Å²) in [6, 6.07) is 0. The van der Waals surface area contributed by atoms with E-state index >= 15 is 0 Å². The van der Waals surface area contributed by atoms with E-state index in [1.807, 2.05) is 0 Å². The standard InChI is InChI=1S/C6H9ClO4/c1-4(6(9)10-2)11-5(8)3-7/h4H,3H2,1-2H3/t4-/m1/s1. The number of ether oxygens (including phenoxy) is 2. The molecule has 0 heterocycles. The van der Waals surface area contributed by atoms with Crippen LogP contribution in [0.3, 0.4) is 0 Å². The Morgan fingerprint density at radius 2 is 2.09 bits per heavy atom. The van der Waals surface area contributed by atoms with Crippen LogP contribution in [-0.4, -0.2) is 31.0 Å². The minimum atomic E-state index is -0.883. The molecule has 0 bridgehead atoms. The van der Waals surface area contributed by atoms with Crippen LogP contribution in [0.25, 0.3) is 0 Å². The van der Waals surface area contributed by atoms with Crippen molar-refractivity contribution in [3.63, 3.8) is 0 Å². The summed E-state index contributed by atoms with van der Waals surface area (Å²) in [5, 5.41) is 0. The van der Waals surface area contributed by atoms with Gasteiger partial charge in [0.2, 0.25) is 0 Å². The predicted octanol–water partition coefficient (Wildman–Crippen LogP) is 0.330. The third-order valence-corrected chi connectivity index (χ3v) is 1.17. The van der Waals surface area contributed by atoms with E-state index in [2.05, 4.69) is 9.47 Å². The van der Waals surface area contributed by atoms with Crippen LogP contribution in [-0.2, 0) is 19.1 Å². The summed E-state index contributed by atoms with van der Waals surface area (Å²) in [6.45, 7) is 1.41. The number of hydrogen-bond acceptors (Lipinski definition) is 4. The SMILES string of the molecule is COC(=O)[C@@H](C)OC(=O)CCl. The molecule has 0 saturated heterocycles. The highest BCUT2D eigenvalue weighted by Crippen LogP contribution is 1.95. The second-order valence-electron chi connectivity index (χ2n) is 1.79. The van der Waals surface area contributed by atoms with Gasteiger partial charge >= 0.3 is 11.9 Å². The molecule has 64 valence electrons. The number of esters is 2. The Balaban J connectivity index is 3.77. The van der Waals surface area contributed by atoms with Crippen LogP contribution >= 0.6 is 11.6 Å². The summed E-state index contributed by atoms with van der Waals surface area (Å²) < 4.78 is 8.80. The summed E-state index contributed by atoms with van der Waals surface area (Å²) >= 11 is 5.12. The smallest absolute Gasteiger partial charge is 0.346 e. The molecule has 0 aromatic heterocycles. The maximum absolute atomic E-state index is 10.6.